The maximum atomic E-state index is 12.8. The number of aromatic nitrogens is 1. The smallest absolute Gasteiger partial charge is 0.316 e. The molecule has 1 aliphatic rings. The molecule has 1 aliphatic heterocycles. The number of aliphatic hydroxyl groups is 1. The normalized spacial score (nSPS) is 15.5. The molecule has 0 atom stereocenters. The van der Waals surface area contributed by atoms with Crippen molar-refractivity contribution in [3.63, 3.8) is 0 Å². The van der Waals surface area contributed by atoms with E-state index in [4.69, 9.17) is 23.2 Å². The maximum Gasteiger partial charge on any atom is 0.316 e. The van der Waals surface area contributed by atoms with Gasteiger partial charge in [-0.2, -0.15) is 8.78 Å². The summed E-state index contributed by atoms with van der Waals surface area (Å²) in [7, 11) is -3.01. The van der Waals surface area contributed by atoms with Crippen molar-refractivity contribution in [1.29, 1.82) is 0 Å². The van der Waals surface area contributed by atoms with Gasteiger partial charge in [0.25, 0.3) is 5.91 Å². The van der Waals surface area contributed by atoms with Gasteiger partial charge >= 0.3 is 6.43 Å². The highest BCUT2D eigenvalue weighted by molar-refractivity contribution is 8.00. The number of sulfone groups is 1. The van der Waals surface area contributed by atoms with Crippen LogP contribution in [0.5, 0.6) is 0 Å². The number of carbonyl (C=O) groups excluding carboxylic acids is 1. The molecule has 3 rings (SSSR count). The molecular formula is C17H12Cl2F2N2O4S. The minimum atomic E-state index is -4.04. The number of aliphatic hydroxyl groups excluding tert-OH is 1. The van der Waals surface area contributed by atoms with E-state index in [1.807, 2.05) is 0 Å². The van der Waals surface area contributed by atoms with Crippen molar-refractivity contribution in [3.8, 4) is 0 Å². The van der Waals surface area contributed by atoms with Crippen LogP contribution in [-0.2, 0) is 20.4 Å². The van der Waals surface area contributed by atoms with Gasteiger partial charge in [0.2, 0.25) is 0 Å². The van der Waals surface area contributed by atoms with E-state index in [2.05, 4.69) is 4.98 Å². The molecule has 0 bridgehead atoms. The predicted octanol–water partition coefficient (Wildman–Crippen LogP) is 3.93. The Morgan fingerprint density at radius 1 is 1.29 bits per heavy atom. The van der Waals surface area contributed by atoms with Crippen LogP contribution >= 0.6 is 23.2 Å². The Balaban J connectivity index is 2.28. The summed E-state index contributed by atoms with van der Waals surface area (Å²) in [5, 5.41) is 10.1. The third kappa shape index (κ3) is 3.34. The van der Waals surface area contributed by atoms with Gasteiger partial charge in [0.05, 0.1) is 21.5 Å². The van der Waals surface area contributed by atoms with Crippen LogP contribution in [0.4, 0.5) is 14.5 Å². The minimum absolute atomic E-state index is 0.0666. The molecular weight excluding hydrogens is 437 g/mol. The van der Waals surface area contributed by atoms with Crippen molar-refractivity contribution >= 4 is 55.3 Å². The molecule has 6 nitrogen and oxygen atoms in total. The number of carbonyl (C=O) groups is 1. The zero-order chi connectivity index (χ0) is 20.8. The lowest BCUT2D eigenvalue weighted by molar-refractivity contribution is -0.128. The monoisotopic (exact) mass is 448 g/mol. The molecule has 11 heteroatoms. The first-order chi connectivity index (χ1) is 13.1. The number of rotatable bonds is 3. The van der Waals surface area contributed by atoms with Gasteiger partial charge < -0.3 is 10.0 Å². The average Bonchev–Trinajstić information content (AvgIpc) is 2.62. The van der Waals surface area contributed by atoms with Crippen molar-refractivity contribution in [2.45, 2.75) is 12.2 Å². The summed E-state index contributed by atoms with van der Waals surface area (Å²) in [5.41, 5.74) is -0.104. The number of alkyl halides is 2. The SMILES string of the molecule is CN(C(=O)C(F)F)c1c(Cl)ccc(C2=C(O)c3ncccc3CS2(=O)=O)c1Cl. The molecule has 2 aromatic rings. The number of nitrogens with zero attached hydrogens (tertiary/aromatic N) is 2. The van der Waals surface area contributed by atoms with Crippen LogP contribution in [0.25, 0.3) is 10.7 Å². The summed E-state index contributed by atoms with van der Waals surface area (Å²) in [6, 6.07) is 5.48. The second-order valence-corrected chi connectivity index (χ2v) is 8.62. The highest BCUT2D eigenvalue weighted by Gasteiger charge is 2.35. The van der Waals surface area contributed by atoms with E-state index >= 15 is 0 Å². The van der Waals surface area contributed by atoms with Crippen LogP contribution in [-0.4, -0.2) is 37.9 Å². The molecule has 1 aromatic heterocycles. The van der Waals surface area contributed by atoms with Gasteiger partial charge in [-0.05, 0) is 17.7 Å². The summed E-state index contributed by atoms with van der Waals surface area (Å²) < 4.78 is 51.2. The van der Waals surface area contributed by atoms with Gasteiger partial charge in [-0.15, -0.1) is 0 Å². The number of pyridine rings is 1. The molecule has 0 saturated carbocycles. The number of fused-ring (bicyclic) bond motifs is 1. The van der Waals surface area contributed by atoms with Crippen LogP contribution in [0.15, 0.2) is 30.5 Å². The lowest BCUT2D eigenvalue weighted by atomic mass is 10.1. The highest BCUT2D eigenvalue weighted by atomic mass is 35.5. The van der Waals surface area contributed by atoms with Crippen molar-refractivity contribution < 1.29 is 27.1 Å². The number of anilines is 1. The van der Waals surface area contributed by atoms with Crippen molar-refractivity contribution in [2.24, 2.45) is 0 Å². The van der Waals surface area contributed by atoms with Gasteiger partial charge in [-0.3, -0.25) is 9.78 Å². The van der Waals surface area contributed by atoms with Crippen molar-refractivity contribution in [3.05, 3.63) is 57.3 Å². The van der Waals surface area contributed by atoms with E-state index < -0.39 is 38.6 Å². The van der Waals surface area contributed by atoms with Crippen molar-refractivity contribution in [1.82, 2.24) is 4.98 Å². The topological polar surface area (TPSA) is 87.6 Å². The van der Waals surface area contributed by atoms with E-state index in [-0.39, 0.29) is 27.0 Å². The van der Waals surface area contributed by atoms with Crippen LogP contribution in [0.3, 0.4) is 0 Å². The number of hydrogen-bond donors (Lipinski definition) is 1. The van der Waals surface area contributed by atoms with Crippen LogP contribution in [0.1, 0.15) is 16.8 Å². The zero-order valence-corrected chi connectivity index (χ0v) is 16.5. The second-order valence-electron chi connectivity index (χ2n) is 5.90. The molecule has 0 radical (unpaired) electrons. The van der Waals surface area contributed by atoms with Crippen molar-refractivity contribution in [2.75, 3.05) is 11.9 Å². The third-order valence-electron chi connectivity index (χ3n) is 4.15. The fraction of sp³-hybridized carbons (Fsp3) is 0.176. The number of benzene rings is 1. The van der Waals surface area contributed by atoms with Crippen LogP contribution < -0.4 is 4.90 Å². The van der Waals surface area contributed by atoms with E-state index in [0.717, 1.165) is 7.05 Å². The summed E-state index contributed by atoms with van der Waals surface area (Å²) >= 11 is 12.3. The Kier molecular flexibility index (Phi) is 5.35. The minimum Gasteiger partial charge on any atom is -0.504 e. The van der Waals surface area contributed by atoms with Gasteiger partial charge in [0.15, 0.2) is 15.6 Å². The van der Waals surface area contributed by atoms with E-state index in [0.29, 0.717) is 10.5 Å². The average molecular weight is 449 g/mol. The van der Waals surface area contributed by atoms with Gasteiger partial charge in [0, 0.05) is 18.8 Å². The quantitative estimate of drug-likeness (QED) is 0.768. The maximum absolute atomic E-state index is 12.8. The number of hydrogen-bond acceptors (Lipinski definition) is 5. The summed E-state index contributed by atoms with van der Waals surface area (Å²) in [5.74, 6) is -2.63. The predicted molar refractivity (Wildman–Crippen MR) is 102 cm³/mol. The molecule has 0 spiro atoms. The van der Waals surface area contributed by atoms with E-state index in [9.17, 15) is 27.1 Å². The van der Waals surface area contributed by atoms with Gasteiger partial charge in [-0.25, -0.2) is 8.42 Å². The molecule has 1 N–H and O–H groups in total. The van der Waals surface area contributed by atoms with Crippen LogP contribution in [0.2, 0.25) is 10.0 Å². The second kappa shape index (κ2) is 7.31. The van der Waals surface area contributed by atoms with E-state index in [1.165, 1.54) is 30.5 Å². The molecule has 148 valence electrons. The summed E-state index contributed by atoms with van der Waals surface area (Å²) in [6.07, 6.45) is -1.93. The molecule has 0 saturated heterocycles. The molecule has 2 heterocycles. The highest BCUT2D eigenvalue weighted by Crippen LogP contribution is 2.44. The Bertz CT molecular complexity index is 1120. The van der Waals surface area contributed by atoms with Gasteiger partial charge in [-0.1, -0.05) is 35.3 Å². The molecule has 0 fully saturated rings. The molecule has 28 heavy (non-hydrogen) atoms. The first-order valence-electron chi connectivity index (χ1n) is 7.70. The Labute approximate surface area is 168 Å². The fourth-order valence-electron chi connectivity index (χ4n) is 2.88. The lowest BCUT2D eigenvalue weighted by Crippen LogP contribution is -2.32. The molecule has 1 amide bonds. The fourth-order valence-corrected chi connectivity index (χ4v) is 5.33. The largest absolute Gasteiger partial charge is 0.504 e. The first kappa shape index (κ1) is 20.5. The molecule has 0 unspecified atom stereocenters. The summed E-state index contributed by atoms with van der Waals surface area (Å²) in [6.45, 7) is 0. The standard InChI is InChI=1S/C17H12Cl2F2N2O4S/c1-23(17(25)16(20)21)13-10(18)5-4-9(11(13)19)15-14(24)12-8(3-2-6-22-12)7-28(15,26)27/h2-6,16,24H,7H2,1H3. The lowest BCUT2D eigenvalue weighted by Gasteiger charge is -2.24. The van der Waals surface area contributed by atoms with E-state index in [1.54, 1.807) is 0 Å². The number of halogens is 4. The zero-order valence-electron chi connectivity index (χ0n) is 14.2. The van der Waals surface area contributed by atoms with Crippen LogP contribution in [0, 0.1) is 0 Å². The first-order valence-corrected chi connectivity index (χ1v) is 10.1. The third-order valence-corrected chi connectivity index (χ3v) is 6.57. The molecule has 1 aromatic carbocycles. The Morgan fingerprint density at radius 2 is 1.96 bits per heavy atom. The van der Waals surface area contributed by atoms with Gasteiger partial charge in [0.1, 0.15) is 10.6 Å². The Morgan fingerprint density at radius 3 is 2.61 bits per heavy atom. The Hall–Kier alpha value is -2.23. The molecule has 0 aliphatic carbocycles. The number of amides is 1. The summed E-state index contributed by atoms with van der Waals surface area (Å²) in [4.78, 5) is 15.7.